The van der Waals surface area contributed by atoms with E-state index in [0.29, 0.717) is 28.8 Å². The van der Waals surface area contributed by atoms with Gasteiger partial charge in [0.2, 0.25) is 0 Å². The van der Waals surface area contributed by atoms with E-state index < -0.39 is 9.84 Å². The monoisotopic (exact) mass is 324 g/mol. The lowest BCUT2D eigenvalue weighted by molar-refractivity contribution is 0.0940. The van der Waals surface area contributed by atoms with Crippen molar-refractivity contribution in [2.24, 2.45) is 13.0 Å². The van der Waals surface area contributed by atoms with Gasteiger partial charge >= 0.3 is 0 Å². The number of carbonyl (C=O) groups is 1. The van der Waals surface area contributed by atoms with E-state index in [2.05, 4.69) is 5.32 Å². The number of nitrogens with zero attached hydrogens (tertiary/aromatic N) is 1. The summed E-state index contributed by atoms with van der Waals surface area (Å²) in [7, 11) is -1.28. The maximum absolute atomic E-state index is 12.0. The zero-order valence-electron chi connectivity index (χ0n) is 10.3. The van der Waals surface area contributed by atoms with Crippen LogP contribution in [0.15, 0.2) is 6.07 Å². The van der Waals surface area contributed by atoms with Crippen LogP contribution in [0.3, 0.4) is 0 Å². The van der Waals surface area contributed by atoms with E-state index in [1.165, 1.54) is 10.6 Å². The van der Waals surface area contributed by atoms with E-state index in [4.69, 9.17) is 23.2 Å². The Morgan fingerprint density at radius 3 is 2.68 bits per heavy atom. The summed E-state index contributed by atoms with van der Waals surface area (Å²) in [5, 5.41) is 3.34. The lowest BCUT2D eigenvalue weighted by atomic mass is 10.1. The van der Waals surface area contributed by atoms with Crippen LogP contribution in [0, 0.1) is 5.92 Å². The van der Waals surface area contributed by atoms with Crippen molar-refractivity contribution in [3.05, 3.63) is 21.9 Å². The topological polar surface area (TPSA) is 68.2 Å². The Morgan fingerprint density at radius 2 is 2.21 bits per heavy atom. The number of amides is 1. The molecule has 1 amide bonds. The standard InChI is InChI=1S/C11H14Cl2N2O3S/c1-15-9(4-8(12)10(15)13)11(16)14-5-7-2-3-19(17,18)6-7/h4,7H,2-3,5-6H2,1H3,(H,14,16). The molecule has 0 saturated carbocycles. The van der Waals surface area contributed by atoms with Gasteiger partial charge in [0.25, 0.3) is 5.91 Å². The molecule has 0 spiro atoms. The van der Waals surface area contributed by atoms with Gasteiger partial charge in [0.05, 0.1) is 16.5 Å². The molecule has 8 heteroatoms. The summed E-state index contributed by atoms with van der Waals surface area (Å²) in [4.78, 5) is 12.0. The fraction of sp³-hybridized carbons (Fsp3) is 0.545. The first-order chi connectivity index (χ1) is 8.80. The molecule has 1 fully saturated rings. The predicted molar refractivity (Wildman–Crippen MR) is 74.5 cm³/mol. The van der Waals surface area contributed by atoms with E-state index in [-0.39, 0.29) is 23.3 Å². The van der Waals surface area contributed by atoms with E-state index in [9.17, 15) is 13.2 Å². The van der Waals surface area contributed by atoms with E-state index in [1.54, 1.807) is 7.05 Å². The van der Waals surface area contributed by atoms with Crippen molar-refractivity contribution in [3.63, 3.8) is 0 Å². The van der Waals surface area contributed by atoms with Gasteiger partial charge in [0.1, 0.15) is 10.8 Å². The van der Waals surface area contributed by atoms with Gasteiger partial charge in [-0.1, -0.05) is 23.2 Å². The maximum Gasteiger partial charge on any atom is 0.268 e. The molecule has 106 valence electrons. The molecule has 1 aromatic heterocycles. The minimum absolute atomic E-state index is 0.0137. The zero-order chi connectivity index (χ0) is 14.2. The van der Waals surface area contributed by atoms with Gasteiger partial charge in [-0.3, -0.25) is 4.79 Å². The fourth-order valence-corrected chi connectivity index (χ4v) is 4.36. The third kappa shape index (κ3) is 3.24. The van der Waals surface area contributed by atoms with Crippen molar-refractivity contribution in [1.29, 1.82) is 0 Å². The predicted octanol–water partition coefficient (Wildman–Crippen LogP) is 1.50. The first-order valence-electron chi connectivity index (χ1n) is 5.79. The summed E-state index contributed by atoms with van der Waals surface area (Å²) in [6, 6.07) is 1.49. The Balaban J connectivity index is 1.97. The number of sulfone groups is 1. The average Bonchev–Trinajstić information content (AvgIpc) is 2.81. The van der Waals surface area contributed by atoms with Crippen molar-refractivity contribution in [3.8, 4) is 0 Å². The molecule has 1 aliphatic heterocycles. The quantitative estimate of drug-likeness (QED) is 0.916. The van der Waals surface area contributed by atoms with Crippen molar-refractivity contribution >= 4 is 38.9 Å². The van der Waals surface area contributed by atoms with Gasteiger partial charge in [0.15, 0.2) is 9.84 Å². The molecule has 1 N–H and O–H groups in total. The molecule has 0 radical (unpaired) electrons. The highest BCUT2D eigenvalue weighted by Gasteiger charge is 2.28. The molecule has 5 nitrogen and oxygen atoms in total. The zero-order valence-corrected chi connectivity index (χ0v) is 12.6. The highest BCUT2D eigenvalue weighted by molar-refractivity contribution is 7.91. The highest BCUT2D eigenvalue weighted by Crippen LogP contribution is 2.25. The molecular weight excluding hydrogens is 311 g/mol. The van der Waals surface area contributed by atoms with Gasteiger partial charge in [-0.05, 0) is 18.4 Å². The fourth-order valence-electron chi connectivity index (χ4n) is 2.12. The molecule has 0 aliphatic carbocycles. The van der Waals surface area contributed by atoms with Gasteiger partial charge < -0.3 is 9.88 Å². The lowest BCUT2D eigenvalue weighted by Gasteiger charge is -2.10. The van der Waals surface area contributed by atoms with E-state index in [0.717, 1.165) is 0 Å². The van der Waals surface area contributed by atoms with Crippen molar-refractivity contribution < 1.29 is 13.2 Å². The number of hydrogen-bond acceptors (Lipinski definition) is 3. The summed E-state index contributed by atoms with van der Waals surface area (Å²) >= 11 is 11.7. The molecule has 1 unspecified atom stereocenters. The lowest BCUT2D eigenvalue weighted by Crippen LogP contribution is -2.31. The Kier molecular flexibility index (Phi) is 4.13. The van der Waals surface area contributed by atoms with Crippen molar-refractivity contribution in [2.75, 3.05) is 18.1 Å². The second-order valence-corrected chi connectivity index (χ2v) is 7.70. The van der Waals surface area contributed by atoms with Crippen LogP contribution in [-0.2, 0) is 16.9 Å². The van der Waals surface area contributed by atoms with Crippen LogP contribution in [0.25, 0.3) is 0 Å². The molecule has 1 saturated heterocycles. The summed E-state index contributed by atoms with van der Waals surface area (Å²) < 4.78 is 24.1. The second kappa shape index (κ2) is 5.34. The Bertz CT molecular complexity index is 610. The number of hydrogen-bond donors (Lipinski definition) is 1. The van der Waals surface area contributed by atoms with Crippen LogP contribution < -0.4 is 5.32 Å². The Labute approximate surface area is 121 Å². The maximum atomic E-state index is 12.0. The summed E-state index contributed by atoms with van der Waals surface area (Å²) in [6.45, 7) is 0.346. The van der Waals surface area contributed by atoms with Crippen LogP contribution in [0.5, 0.6) is 0 Å². The van der Waals surface area contributed by atoms with Crippen molar-refractivity contribution in [2.45, 2.75) is 6.42 Å². The number of halogens is 2. The minimum Gasteiger partial charge on any atom is -0.350 e. The number of nitrogens with one attached hydrogen (secondary N) is 1. The van der Waals surface area contributed by atoms with Gasteiger partial charge in [-0.15, -0.1) is 0 Å². The first kappa shape index (κ1) is 14.7. The summed E-state index contributed by atoms with van der Waals surface area (Å²) in [5.74, 6) is 0.0258. The first-order valence-corrected chi connectivity index (χ1v) is 8.37. The molecule has 0 aromatic carbocycles. The average molecular weight is 325 g/mol. The minimum atomic E-state index is -2.92. The van der Waals surface area contributed by atoms with Gasteiger partial charge in [-0.2, -0.15) is 0 Å². The highest BCUT2D eigenvalue weighted by atomic mass is 35.5. The molecule has 1 atom stereocenters. The molecule has 19 heavy (non-hydrogen) atoms. The number of carbonyl (C=O) groups excluding carboxylic acids is 1. The molecule has 2 rings (SSSR count). The van der Waals surface area contributed by atoms with Crippen LogP contribution in [-0.4, -0.2) is 36.9 Å². The molecule has 2 heterocycles. The largest absolute Gasteiger partial charge is 0.350 e. The van der Waals surface area contributed by atoms with Gasteiger partial charge in [-0.25, -0.2) is 8.42 Å². The Morgan fingerprint density at radius 1 is 1.53 bits per heavy atom. The molecule has 1 aromatic rings. The molecule has 0 bridgehead atoms. The van der Waals surface area contributed by atoms with E-state index in [1.807, 2.05) is 0 Å². The summed E-state index contributed by atoms with van der Waals surface area (Å²) in [6.07, 6.45) is 0.595. The van der Waals surface area contributed by atoms with Gasteiger partial charge in [0, 0.05) is 13.6 Å². The number of rotatable bonds is 3. The van der Waals surface area contributed by atoms with Crippen LogP contribution >= 0.6 is 23.2 Å². The van der Waals surface area contributed by atoms with Crippen molar-refractivity contribution in [1.82, 2.24) is 9.88 Å². The van der Waals surface area contributed by atoms with Crippen LogP contribution in [0.2, 0.25) is 10.2 Å². The number of aromatic nitrogens is 1. The molecule has 1 aliphatic rings. The molecular formula is C11H14Cl2N2O3S. The smallest absolute Gasteiger partial charge is 0.268 e. The SMILES string of the molecule is Cn1c(C(=O)NCC2CCS(=O)(=O)C2)cc(Cl)c1Cl. The van der Waals surface area contributed by atoms with Crippen LogP contribution in [0.1, 0.15) is 16.9 Å². The second-order valence-electron chi connectivity index (χ2n) is 4.71. The third-order valence-electron chi connectivity index (χ3n) is 3.23. The van der Waals surface area contributed by atoms with Crippen LogP contribution in [0.4, 0.5) is 0 Å². The normalized spacial score (nSPS) is 21.5. The van der Waals surface area contributed by atoms with E-state index >= 15 is 0 Å². The summed E-state index contributed by atoms with van der Waals surface area (Å²) in [5.41, 5.74) is 0.357. The third-order valence-corrected chi connectivity index (χ3v) is 5.91. The Hall–Kier alpha value is -0.720.